The quantitative estimate of drug-likeness (QED) is 0.843. The van der Waals surface area contributed by atoms with Gasteiger partial charge in [0.2, 0.25) is 0 Å². The molecule has 2 nitrogen and oxygen atoms in total. The van der Waals surface area contributed by atoms with Crippen molar-refractivity contribution in [1.29, 1.82) is 0 Å². The third kappa shape index (κ3) is 2.53. The van der Waals surface area contributed by atoms with Gasteiger partial charge < -0.3 is 10.8 Å². The Morgan fingerprint density at radius 1 is 1.12 bits per heavy atom. The average Bonchev–Trinajstić information content (AvgIpc) is 2.26. The molecular weight excluding hydrogens is 210 g/mol. The molecule has 0 aliphatic heterocycles. The minimum absolute atomic E-state index is 0.298. The van der Waals surface area contributed by atoms with E-state index in [9.17, 15) is 5.11 Å². The fraction of sp³-hybridized carbons (Fsp3) is 0.600. The highest BCUT2D eigenvalue weighted by molar-refractivity contribution is 5.33. The number of nitrogens with two attached hydrogens (primary N) is 1. The van der Waals surface area contributed by atoms with Gasteiger partial charge in [0.1, 0.15) is 0 Å². The van der Waals surface area contributed by atoms with E-state index in [0.29, 0.717) is 6.54 Å². The van der Waals surface area contributed by atoms with E-state index in [1.54, 1.807) is 0 Å². The van der Waals surface area contributed by atoms with Gasteiger partial charge in [0.25, 0.3) is 0 Å². The molecule has 0 fully saturated rings. The van der Waals surface area contributed by atoms with Crippen molar-refractivity contribution in [2.45, 2.75) is 46.6 Å². The normalized spacial score (nSPS) is 18.5. The molecule has 2 heteroatoms. The molecule has 0 aliphatic rings. The lowest BCUT2D eigenvalue weighted by Crippen LogP contribution is -2.46. The molecule has 1 aromatic rings. The summed E-state index contributed by atoms with van der Waals surface area (Å²) < 4.78 is 0. The Morgan fingerprint density at radius 3 is 1.94 bits per heavy atom. The van der Waals surface area contributed by atoms with Crippen molar-refractivity contribution >= 4 is 0 Å². The third-order valence-electron chi connectivity index (χ3n) is 4.19. The number of aryl methyl sites for hydroxylation is 2. The van der Waals surface area contributed by atoms with Gasteiger partial charge in [0.15, 0.2) is 0 Å². The molecule has 0 heterocycles. The zero-order valence-corrected chi connectivity index (χ0v) is 11.7. The summed E-state index contributed by atoms with van der Waals surface area (Å²) in [6.07, 6.45) is 0.851. The van der Waals surface area contributed by atoms with Crippen LogP contribution in [0.5, 0.6) is 0 Å². The largest absolute Gasteiger partial charge is 0.385 e. The number of aliphatic hydroxyl groups is 1. The molecule has 0 aliphatic carbocycles. The standard InChI is InChI=1S/C15H25NO/c1-6-14(4,10-16)15(5,17)13-8-11(2)7-12(3)9-13/h7-9,17H,6,10,16H2,1-5H3. The summed E-state index contributed by atoms with van der Waals surface area (Å²) in [7, 11) is 0. The van der Waals surface area contributed by atoms with Crippen molar-refractivity contribution in [1.82, 2.24) is 0 Å². The van der Waals surface area contributed by atoms with E-state index in [1.807, 2.05) is 13.8 Å². The van der Waals surface area contributed by atoms with Crippen molar-refractivity contribution in [3.05, 3.63) is 34.9 Å². The maximum absolute atomic E-state index is 10.9. The van der Waals surface area contributed by atoms with E-state index >= 15 is 0 Å². The van der Waals surface area contributed by atoms with Crippen LogP contribution in [0.3, 0.4) is 0 Å². The molecule has 2 atom stereocenters. The molecule has 1 aromatic carbocycles. The van der Waals surface area contributed by atoms with Gasteiger partial charge in [-0.25, -0.2) is 0 Å². The van der Waals surface area contributed by atoms with Crippen LogP contribution in [0.2, 0.25) is 0 Å². The summed E-state index contributed by atoms with van der Waals surface area (Å²) in [6, 6.07) is 6.22. The summed E-state index contributed by atoms with van der Waals surface area (Å²) in [6.45, 7) is 10.6. The molecule has 0 bridgehead atoms. The smallest absolute Gasteiger partial charge is 0.0933 e. The predicted molar refractivity (Wildman–Crippen MR) is 72.9 cm³/mol. The molecule has 0 aromatic heterocycles. The van der Waals surface area contributed by atoms with E-state index in [1.165, 1.54) is 11.1 Å². The fourth-order valence-electron chi connectivity index (χ4n) is 2.29. The van der Waals surface area contributed by atoms with Gasteiger partial charge in [-0.05, 0) is 32.8 Å². The molecule has 3 N–H and O–H groups in total. The molecule has 0 saturated heterocycles. The minimum atomic E-state index is -0.896. The van der Waals surface area contributed by atoms with Crippen LogP contribution in [-0.4, -0.2) is 11.7 Å². The molecule has 0 spiro atoms. The molecule has 1 rings (SSSR count). The van der Waals surface area contributed by atoms with Gasteiger partial charge >= 0.3 is 0 Å². The van der Waals surface area contributed by atoms with Crippen LogP contribution >= 0.6 is 0 Å². The second kappa shape index (κ2) is 4.79. The predicted octanol–water partition coefficient (Wildman–Crippen LogP) is 2.89. The first kappa shape index (κ1) is 14.2. The molecule has 0 radical (unpaired) electrons. The minimum Gasteiger partial charge on any atom is -0.385 e. The zero-order valence-electron chi connectivity index (χ0n) is 11.7. The van der Waals surface area contributed by atoms with Crippen molar-refractivity contribution in [2.24, 2.45) is 11.1 Å². The van der Waals surface area contributed by atoms with Gasteiger partial charge in [-0.15, -0.1) is 0 Å². The highest BCUT2D eigenvalue weighted by Crippen LogP contribution is 2.41. The molecule has 0 saturated carbocycles. The van der Waals surface area contributed by atoms with E-state index < -0.39 is 5.60 Å². The van der Waals surface area contributed by atoms with E-state index in [4.69, 9.17) is 5.73 Å². The van der Waals surface area contributed by atoms with E-state index in [0.717, 1.165) is 12.0 Å². The van der Waals surface area contributed by atoms with Crippen molar-refractivity contribution in [3.8, 4) is 0 Å². The van der Waals surface area contributed by atoms with Gasteiger partial charge in [-0.3, -0.25) is 0 Å². The van der Waals surface area contributed by atoms with Gasteiger partial charge in [0, 0.05) is 12.0 Å². The Morgan fingerprint density at radius 2 is 1.59 bits per heavy atom. The summed E-state index contributed by atoms with van der Waals surface area (Å²) in [5.74, 6) is 0. The maximum Gasteiger partial charge on any atom is 0.0933 e. The Bertz CT molecular complexity index is 372. The number of benzene rings is 1. The molecule has 0 amide bonds. The summed E-state index contributed by atoms with van der Waals surface area (Å²) in [5, 5.41) is 10.9. The van der Waals surface area contributed by atoms with Crippen LogP contribution in [0, 0.1) is 19.3 Å². The van der Waals surface area contributed by atoms with Crippen LogP contribution in [0.4, 0.5) is 0 Å². The summed E-state index contributed by atoms with van der Waals surface area (Å²) in [4.78, 5) is 0. The van der Waals surface area contributed by atoms with Gasteiger partial charge in [-0.2, -0.15) is 0 Å². The Kier molecular flexibility index (Phi) is 4.00. The number of hydrogen-bond donors (Lipinski definition) is 2. The van der Waals surface area contributed by atoms with Crippen molar-refractivity contribution in [3.63, 3.8) is 0 Å². The van der Waals surface area contributed by atoms with E-state index in [-0.39, 0.29) is 5.41 Å². The van der Waals surface area contributed by atoms with Crippen molar-refractivity contribution in [2.75, 3.05) is 6.54 Å². The molecular formula is C15H25NO. The SMILES string of the molecule is CCC(C)(CN)C(C)(O)c1cc(C)cc(C)c1. The first-order valence-electron chi connectivity index (χ1n) is 6.28. The van der Waals surface area contributed by atoms with Gasteiger partial charge in [-0.1, -0.05) is 43.2 Å². The van der Waals surface area contributed by atoms with Gasteiger partial charge in [0.05, 0.1) is 5.60 Å². The third-order valence-corrected chi connectivity index (χ3v) is 4.19. The zero-order chi connectivity index (χ0) is 13.3. The first-order chi connectivity index (χ1) is 7.76. The topological polar surface area (TPSA) is 46.2 Å². The number of rotatable bonds is 4. The molecule has 96 valence electrons. The van der Waals surface area contributed by atoms with Crippen LogP contribution in [0.15, 0.2) is 18.2 Å². The van der Waals surface area contributed by atoms with E-state index in [2.05, 4.69) is 39.0 Å². The highest BCUT2D eigenvalue weighted by atomic mass is 16.3. The van der Waals surface area contributed by atoms with Crippen LogP contribution < -0.4 is 5.73 Å². The lowest BCUT2D eigenvalue weighted by atomic mass is 9.68. The Labute approximate surface area is 105 Å². The first-order valence-corrected chi connectivity index (χ1v) is 6.28. The molecule has 17 heavy (non-hydrogen) atoms. The van der Waals surface area contributed by atoms with Crippen molar-refractivity contribution < 1.29 is 5.11 Å². The second-order valence-corrected chi connectivity index (χ2v) is 5.57. The van der Waals surface area contributed by atoms with Crippen LogP contribution in [-0.2, 0) is 5.60 Å². The fourth-order valence-corrected chi connectivity index (χ4v) is 2.29. The lowest BCUT2D eigenvalue weighted by Gasteiger charge is -2.42. The molecule has 2 unspecified atom stereocenters. The lowest BCUT2D eigenvalue weighted by molar-refractivity contribution is -0.0646. The Hall–Kier alpha value is -0.860. The second-order valence-electron chi connectivity index (χ2n) is 5.57. The summed E-state index contributed by atoms with van der Waals surface area (Å²) >= 11 is 0. The van der Waals surface area contributed by atoms with Crippen LogP contribution in [0.1, 0.15) is 43.9 Å². The monoisotopic (exact) mass is 235 g/mol. The number of hydrogen-bond acceptors (Lipinski definition) is 2. The summed E-state index contributed by atoms with van der Waals surface area (Å²) in [5.41, 5.74) is 7.98. The Balaban J connectivity index is 3.29. The maximum atomic E-state index is 10.9. The van der Waals surface area contributed by atoms with Crippen LogP contribution in [0.25, 0.3) is 0 Å². The average molecular weight is 235 g/mol. The highest BCUT2D eigenvalue weighted by Gasteiger charge is 2.42.